The Morgan fingerprint density at radius 2 is 1.91 bits per heavy atom. The number of nitrogens with one attached hydrogen (secondary N) is 1. The fourth-order valence-electron chi connectivity index (χ4n) is 3.51. The molecule has 1 saturated heterocycles. The highest BCUT2D eigenvalue weighted by molar-refractivity contribution is 7.99. The molecule has 1 amide bonds. The molecule has 1 aliphatic heterocycles. The molecule has 0 saturated carbocycles. The summed E-state index contributed by atoms with van der Waals surface area (Å²) < 4.78 is 10.7. The number of benzene rings is 1. The van der Waals surface area contributed by atoms with Crippen molar-refractivity contribution in [3.63, 3.8) is 0 Å². The highest BCUT2D eigenvalue weighted by atomic mass is 32.2. The van der Waals surface area contributed by atoms with E-state index < -0.39 is 23.7 Å². The summed E-state index contributed by atoms with van der Waals surface area (Å²) in [6.45, 7) is 9.26. The molecule has 7 nitrogen and oxygen atoms in total. The van der Waals surface area contributed by atoms with Crippen LogP contribution in [-0.2, 0) is 30.3 Å². The van der Waals surface area contributed by atoms with Gasteiger partial charge in [-0.3, -0.25) is 19.7 Å². The van der Waals surface area contributed by atoms with Crippen LogP contribution in [-0.4, -0.2) is 71.1 Å². The van der Waals surface area contributed by atoms with Gasteiger partial charge < -0.3 is 14.4 Å². The first kappa shape index (κ1) is 26.2. The lowest BCUT2D eigenvalue weighted by Gasteiger charge is -2.31. The number of nitrogens with zero attached hydrogens (tertiary/aromatic N) is 1. The molecule has 0 bridgehead atoms. The zero-order valence-corrected chi connectivity index (χ0v) is 20.6. The molecule has 0 aliphatic carbocycles. The Morgan fingerprint density at radius 1 is 1.22 bits per heavy atom. The van der Waals surface area contributed by atoms with Crippen LogP contribution < -0.4 is 5.32 Å². The molecule has 1 aliphatic rings. The third kappa shape index (κ3) is 8.47. The summed E-state index contributed by atoms with van der Waals surface area (Å²) >= 11 is 1.63. The Balaban J connectivity index is 2.11. The predicted molar refractivity (Wildman–Crippen MR) is 126 cm³/mol. The second-order valence-electron chi connectivity index (χ2n) is 8.99. The van der Waals surface area contributed by atoms with Crippen molar-refractivity contribution >= 4 is 29.6 Å². The largest absolute Gasteiger partial charge is 0.465 e. The monoisotopic (exact) mass is 464 g/mol. The van der Waals surface area contributed by atoms with Crippen molar-refractivity contribution < 1.29 is 23.9 Å². The van der Waals surface area contributed by atoms with Crippen molar-refractivity contribution in [2.24, 2.45) is 0 Å². The van der Waals surface area contributed by atoms with Gasteiger partial charge in [-0.2, -0.15) is 11.8 Å². The van der Waals surface area contributed by atoms with Gasteiger partial charge >= 0.3 is 11.9 Å². The number of amides is 1. The standard InChI is InChI=1S/C24H36N2O5S/c1-6-30-23(29)19(13-12-18-10-8-7-9-11-18)25-20-16-32-15-17(2)26(22(20)28)14-21(27)31-24(3,4)5/h7-11,17,19-20,25H,6,12-16H2,1-5H3/t17-,19+,20+/m1/s1. The Hall–Kier alpha value is -2.06. The SMILES string of the molecule is CCOC(=O)[C@H](CCc1ccccc1)N[C@H]1CSC[C@@H](C)N(CC(=O)OC(C)(C)C)C1=O. The van der Waals surface area contributed by atoms with Crippen LogP contribution in [0, 0.1) is 0 Å². The second kappa shape index (κ2) is 12.3. The quantitative estimate of drug-likeness (QED) is 0.563. The summed E-state index contributed by atoms with van der Waals surface area (Å²) in [4.78, 5) is 39.9. The molecular formula is C24H36N2O5S. The van der Waals surface area contributed by atoms with E-state index in [9.17, 15) is 14.4 Å². The summed E-state index contributed by atoms with van der Waals surface area (Å²) in [7, 11) is 0. The van der Waals surface area contributed by atoms with E-state index in [1.807, 2.05) is 37.3 Å². The first-order chi connectivity index (χ1) is 15.1. The summed E-state index contributed by atoms with van der Waals surface area (Å²) in [6, 6.07) is 8.59. The van der Waals surface area contributed by atoms with Gasteiger partial charge in [0.25, 0.3) is 0 Å². The summed E-state index contributed by atoms with van der Waals surface area (Å²) in [5, 5.41) is 3.23. The number of aryl methyl sites for hydroxylation is 1. The zero-order chi connectivity index (χ0) is 23.7. The zero-order valence-electron chi connectivity index (χ0n) is 19.8. The van der Waals surface area contributed by atoms with Gasteiger partial charge in [0.1, 0.15) is 18.2 Å². The van der Waals surface area contributed by atoms with Crippen LogP contribution in [0.1, 0.15) is 46.6 Å². The Morgan fingerprint density at radius 3 is 2.53 bits per heavy atom. The summed E-state index contributed by atoms with van der Waals surface area (Å²) in [5.41, 5.74) is 0.499. The number of esters is 2. The van der Waals surface area contributed by atoms with Gasteiger partial charge in [0.15, 0.2) is 0 Å². The topological polar surface area (TPSA) is 84.9 Å². The normalized spacial score (nSPS) is 20.4. The van der Waals surface area contributed by atoms with E-state index in [4.69, 9.17) is 9.47 Å². The maximum absolute atomic E-state index is 13.3. The molecule has 32 heavy (non-hydrogen) atoms. The molecule has 3 atom stereocenters. The molecule has 0 aromatic heterocycles. The van der Waals surface area contributed by atoms with Gasteiger partial charge in [0.2, 0.25) is 5.91 Å². The molecule has 0 unspecified atom stereocenters. The van der Waals surface area contributed by atoms with Crippen LogP contribution in [0.15, 0.2) is 30.3 Å². The number of hydrogen-bond donors (Lipinski definition) is 1. The van der Waals surface area contributed by atoms with Gasteiger partial charge in [-0.05, 0) is 53.0 Å². The highest BCUT2D eigenvalue weighted by Gasteiger charge is 2.36. The van der Waals surface area contributed by atoms with Gasteiger partial charge in [-0.15, -0.1) is 0 Å². The minimum absolute atomic E-state index is 0.107. The summed E-state index contributed by atoms with van der Waals surface area (Å²) in [5.74, 6) is 0.240. The maximum Gasteiger partial charge on any atom is 0.326 e. The number of rotatable bonds is 9. The van der Waals surface area contributed by atoms with E-state index in [2.05, 4.69) is 5.32 Å². The van der Waals surface area contributed by atoms with Crippen LogP contribution in [0.25, 0.3) is 0 Å². The van der Waals surface area contributed by atoms with E-state index in [0.29, 0.717) is 24.3 Å². The van der Waals surface area contributed by atoms with Crippen molar-refractivity contribution in [2.75, 3.05) is 24.7 Å². The fourth-order valence-corrected chi connectivity index (χ4v) is 4.64. The minimum atomic E-state index is -0.617. The molecule has 1 aromatic carbocycles. The molecule has 178 valence electrons. The van der Waals surface area contributed by atoms with Crippen molar-refractivity contribution in [2.45, 2.75) is 71.2 Å². The molecule has 1 N–H and O–H groups in total. The van der Waals surface area contributed by atoms with Crippen molar-refractivity contribution in [1.29, 1.82) is 0 Å². The lowest BCUT2D eigenvalue weighted by Crippen LogP contribution is -2.55. The van der Waals surface area contributed by atoms with E-state index in [1.165, 1.54) is 0 Å². The third-order valence-corrected chi connectivity index (χ3v) is 6.30. The maximum atomic E-state index is 13.3. The Bertz CT molecular complexity index is 765. The molecule has 1 aromatic rings. The number of carbonyl (C=O) groups excluding carboxylic acids is 3. The van der Waals surface area contributed by atoms with Crippen LogP contribution in [0.2, 0.25) is 0 Å². The lowest BCUT2D eigenvalue weighted by molar-refractivity contribution is -0.160. The van der Waals surface area contributed by atoms with Crippen LogP contribution in [0.3, 0.4) is 0 Å². The summed E-state index contributed by atoms with van der Waals surface area (Å²) in [6.07, 6.45) is 1.20. The molecule has 1 fully saturated rings. The van der Waals surface area contributed by atoms with E-state index >= 15 is 0 Å². The molecule has 8 heteroatoms. The smallest absolute Gasteiger partial charge is 0.326 e. The Labute approximate surface area is 195 Å². The molecule has 0 spiro atoms. The number of carbonyl (C=O) groups is 3. The first-order valence-corrected chi connectivity index (χ1v) is 12.3. The Kier molecular flexibility index (Phi) is 10.0. The van der Waals surface area contributed by atoms with Crippen molar-refractivity contribution in [1.82, 2.24) is 10.2 Å². The van der Waals surface area contributed by atoms with Crippen molar-refractivity contribution in [3.05, 3.63) is 35.9 Å². The average Bonchev–Trinajstić information content (AvgIpc) is 2.84. The van der Waals surface area contributed by atoms with E-state index in [0.717, 1.165) is 5.56 Å². The minimum Gasteiger partial charge on any atom is -0.465 e. The number of hydrogen-bond acceptors (Lipinski definition) is 7. The molecular weight excluding hydrogens is 428 g/mol. The van der Waals surface area contributed by atoms with Gasteiger partial charge in [-0.25, -0.2) is 0 Å². The molecule has 2 rings (SSSR count). The third-order valence-electron chi connectivity index (χ3n) is 5.01. The number of ether oxygens (including phenoxy) is 2. The van der Waals surface area contributed by atoms with Crippen molar-refractivity contribution in [3.8, 4) is 0 Å². The number of thioether (sulfide) groups is 1. The fraction of sp³-hybridized carbons (Fsp3) is 0.625. The highest BCUT2D eigenvalue weighted by Crippen LogP contribution is 2.20. The van der Waals surface area contributed by atoms with Gasteiger partial charge in [0.05, 0.1) is 12.6 Å². The molecule has 0 radical (unpaired) electrons. The van der Waals surface area contributed by atoms with E-state index in [-0.39, 0.29) is 31.1 Å². The van der Waals surface area contributed by atoms with Crippen LogP contribution in [0.4, 0.5) is 0 Å². The molecule has 1 heterocycles. The average molecular weight is 465 g/mol. The first-order valence-electron chi connectivity index (χ1n) is 11.2. The van der Waals surface area contributed by atoms with Gasteiger partial charge in [0, 0.05) is 17.5 Å². The van der Waals surface area contributed by atoms with Crippen LogP contribution >= 0.6 is 11.8 Å². The van der Waals surface area contributed by atoms with E-state index in [1.54, 1.807) is 44.4 Å². The predicted octanol–water partition coefficient (Wildman–Crippen LogP) is 2.81. The van der Waals surface area contributed by atoms with Gasteiger partial charge in [-0.1, -0.05) is 30.3 Å². The lowest BCUT2D eigenvalue weighted by atomic mass is 10.0. The van der Waals surface area contributed by atoms with Crippen LogP contribution in [0.5, 0.6) is 0 Å². The second-order valence-corrected chi connectivity index (χ2v) is 10.1.